The van der Waals surface area contributed by atoms with Crippen LogP contribution in [0, 0.1) is 0 Å². The van der Waals surface area contributed by atoms with E-state index in [2.05, 4.69) is 71.3 Å². The molecule has 0 aliphatic carbocycles. The minimum atomic E-state index is 0.360. The molecule has 2 aromatic rings. The van der Waals surface area contributed by atoms with Gasteiger partial charge in [0.15, 0.2) is 0 Å². The van der Waals surface area contributed by atoms with E-state index in [-0.39, 0.29) is 0 Å². The lowest BCUT2D eigenvalue weighted by Gasteiger charge is -2.24. The fraction of sp³-hybridized carbons (Fsp3) is 0.294. The van der Waals surface area contributed by atoms with Crippen molar-refractivity contribution in [3.05, 3.63) is 71.8 Å². The Morgan fingerprint density at radius 3 is 1.37 bits per heavy atom. The van der Waals surface area contributed by atoms with Crippen LogP contribution in [-0.4, -0.2) is 14.1 Å². The Bertz CT molecular complexity index is 422. The van der Waals surface area contributed by atoms with Crippen molar-refractivity contribution >= 4 is 0 Å². The van der Waals surface area contributed by atoms with Gasteiger partial charge in [-0.05, 0) is 31.6 Å². The van der Waals surface area contributed by atoms with Crippen LogP contribution in [0.1, 0.15) is 29.6 Å². The normalized spacial score (nSPS) is 14.0. The fourth-order valence-electron chi connectivity index (χ4n) is 2.45. The van der Waals surface area contributed by atoms with Crippen LogP contribution in [0.3, 0.4) is 0 Å². The highest BCUT2D eigenvalue weighted by Gasteiger charge is 2.16. The second kappa shape index (κ2) is 7.07. The summed E-state index contributed by atoms with van der Waals surface area (Å²) < 4.78 is 0. The van der Waals surface area contributed by atoms with E-state index in [1.54, 1.807) is 0 Å². The third kappa shape index (κ3) is 3.66. The Balaban J connectivity index is 2.13. The smallest absolute Gasteiger partial charge is 0.0335 e. The predicted molar refractivity (Wildman–Crippen MR) is 81.1 cm³/mol. The van der Waals surface area contributed by atoms with E-state index < -0.39 is 0 Å². The monoisotopic (exact) mass is 254 g/mol. The quantitative estimate of drug-likeness (QED) is 0.826. The van der Waals surface area contributed by atoms with Gasteiger partial charge < -0.3 is 10.6 Å². The van der Waals surface area contributed by atoms with Crippen molar-refractivity contribution < 1.29 is 0 Å². The largest absolute Gasteiger partial charge is 0.313 e. The molecule has 0 bridgehead atoms. The van der Waals surface area contributed by atoms with Crippen LogP contribution >= 0.6 is 0 Å². The van der Waals surface area contributed by atoms with Crippen LogP contribution in [0.25, 0.3) is 0 Å². The SMILES string of the molecule is CNC(CC(NC)c1ccccc1)c1ccccc1. The second-order valence-electron chi connectivity index (χ2n) is 4.74. The molecule has 2 N–H and O–H groups in total. The van der Waals surface area contributed by atoms with Gasteiger partial charge >= 0.3 is 0 Å². The molecule has 2 atom stereocenters. The van der Waals surface area contributed by atoms with E-state index in [0.29, 0.717) is 12.1 Å². The van der Waals surface area contributed by atoms with E-state index in [4.69, 9.17) is 0 Å². The summed E-state index contributed by atoms with van der Waals surface area (Å²) in [6.45, 7) is 0. The van der Waals surface area contributed by atoms with Gasteiger partial charge in [-0.1, -0.05) is 60.7 Å². The topological polar surface area (TPSA) is 24.1 Å². The van der Waals surface area contributed by atoms with Gasteiger partial charge in [-0.25, -0.2) is 0 Å². The molecule has 2 heteroatoms. The minimum absolute atomic E-state index is 0.360. The van der Waals surface area contributed by atoms with Crippen LogP contribution in [0.2, 0.25) is 0 Å². The second-order valence-corrected chi connectivity index (χ2v) is 4.74. The van der Waals surface area contributed by atoms with Gasteiger partial charge in [-0.3, -0.25) is 0 Å². The van der Waals surface area contributed by atoms with Gasteiger partial charge in [0.25, 0.3) is 0 Å². The summed E-state index contributed by atoms with van der Waals surface area (Å²) in [5.41, 5.74) is 2.67. The molecule has 0 aliphatic rings. The number of rotatable bonds is 6. The Morgan fingerprint density at radius 1 is 0.684 bits per heavy atom. The average molecular weight is 254 g/mol. The molecule has 2 rings (SSSR count). The molecular formula is C17H22N2. The van der Waals surface area contributed by atoms with Gasteiger partial charge in [0.05, 0.1) is 0 Å². The molecule has 0 fully saturated rings. The molecule has 0 radical (unpaired) electrons. The summed E-state index contributed by atoms with van der Waals surface area (Å²) in [5, 5.41) is 6.83. The van der Waals surface area contributed by atoms with Gasteiger partial charge in [0, 0.05) is 12.1 Å². The fourth-order valence-corrected chi connectivity index (χ4v) is 2.45. The highest BCUT2D eigenvalue weighted by molar-refractivity contribution is 5.22. The van der Waals surface area contributed by atoms with Crippen LogP contribution in [-0.2, 0) is 0 Å². The maximum atomic E-state index is 3.41. The third-order valence-corrected chi connectivity index (χ3v) is 3.57. The molecule has 0 amide bonds. The Hall–Kier alpha value is -1.64. The van der Waals surface area contributed by atoms with Crippen molar-refractivity contribution in [3.63, 3.8) is 0 Å². The lowest BCUT2D eigenvalue weighted by Crippen LogP contribution is -2.25. The van der Waals surface area contributed by atoms with Gasteiger partial charge in [-0.2, -0.15) is 0 Å². The van der Waals surface area contributed by atoms with E-state index in [1.807, 2.05) is 14.1 Å². The highest BCUT2D eigenvalue weighted by Crippen LogP contribution is 2.25. The van der Waals surface area contributed by atoms with E-state index >= 15 is 0 Å². The molecule has 2 nitrogen and oxygen atoms in total. The molecule has 19 heavy (non-hydrogen) atoms. The van der Waals surface area contributed by atoms with Crippen LogP contribution in [0.15, 0.2) is 60.7 Å². The first kappa shape index (κ1) is 13.8. The number of hydrogen-bond donors (Lipinski definition) is 2. The number of hydrogen-bond acceptors (Lipinski definition) is 2. The summed E-state index contributed by atoms with van der Waals surface area (Å²) in [7, 11) is 4.05. The van der Waals surface area contributed by atoms with Crippen molar-refractivity contribution in [2.75, 3.05) is 14.1 Å². The van der Waals surface area contributed by atoms with Crippen molar-refractivity contribution in [2.24, 2.45) is 0 Å². The maximum Gasteiger partial charge on any atom is 0.0335 e. The zero-order chi connectivity index (χ0) is 13.5. The average Bonchev–Trinajstić information content (AvgIpc) is 2.50. The van der Waals surface area contributed by atoms with Crippen molar-refractivity contribution in [1.29, 1.82) is 0 Å². The summed E-state index contributed by atoms with van der Waals surface area (Å²) in [5.74, 6) is 0. The standard InChI is InChI=1S/C17H22N2/c1-18-16(14-9-5-3-6-10-14)13-17(19-2)15-11-7-4-8-12-15/h3-12,16-19H,13H2,1-2H3. The maximum absolute atomic E-state index is 3.41. The predicted octanol–water partition coefficient (Wildman–Crippen LogP) is 3.30. The molecule has 0 saturated heterocycles. The molecule has 0 spiro atoms. The van der Waals surface area contributed by atoms with E-state index in [1.165, 1.54) is 11.1 Å². The van der Waals surface area contributed by atoms with Crippen molar-refractivity contribution in [2.45, 2.75) is 18.5 Å². The van der Waals surface area contributed by atoms with Crippen LogP contribution in [0.5, 0.6) is 0 Å². The van der Waals surface area contributed by atoms with Crippen LogP contribution in [0.4, 0.5) is 0 Å². The molecular weight excluding hydrogens is 232 g/mol. The van der Waals surface area contributed by atoms with Crippen LogP contribution < -0.4 is 10.6 Å². The Kier molecular flexibility index (Phi) is 5.13. The summed E-state index contributed by atoms with van der Waals surface area (Å²) >= 11 is 0. The molecule has 100 valence electrons. The molecule has 0 aliphatic heterocycles. The first-order chi connectivity index (χ1) is 9.35. The zero-order valence-corrected chi connectivity index (χ0v) is 11.6. The van der Waals surface area contributed by atoms with E-state index in [0.717, 1.165) is 6.42 Å². The van der Waals surface area contributed by atoms with Crippen molar-refractivity contribution in [3.8, 4) is 0 Å². The van der Waals surface area contributed by atoms with Gasteiger partial charge in [0.2, 0.25) is 0 Å². The third-order valence-electron chi connectivity index (χ3n) is 3.57. The van der Waals surface area contributed by atoms with Gasteiger partial charge in [0.1, 0.15) is 0 Å². The lowest BCUT2D eigenvalue weighted by molar-refractivity contribution is 0.447. The number of nitrogens with one attached hydrogen (secondary N) is 2. The molecule has 2 unspecified atom stereocenters. The lowest BCUT2D eigenvalue weighted by atomic mass is 9.95. The Morgan fingerprint density at radius 2 is 1.05 bits per heavy atom. The number of benzene rings is 2. The summed E-state index contributed by atoms with van der Waals surface area (Å²) in [6.07, 6.45) is 1.03. The van der Waals surface area contributed by atoms with E-state index in [9.17, 15) is 0 Å². The molecule has 2 aromatic carbocycles. The highest BCUT2D eigenvalue weighted by atomic mass is 14.9. The first-order valence-electron chi connectivity index (χ1n) is 6.79. The molecule has 0 heterocycles. The summed E-state index contributed by atoms with van der Waals surface area (Å²) in [4.78, 5) is 0. The first-order valence-corrected chi connectivity index (χ1v) is 6.79. The molecule has 0 aromatic heterocycles. The Labute approximate surface area is 115 Å². The van der Waals surface area contributed by atoms with Gasteiger partial charge in [-0.15, -0.1) is 0 Å². The zero-order valence-electron chi connectivity index (χ0n) is 11.6. The van der Waals surface area contributed by atoms with Crippen molar-refractivity contribution in [1.82, 2.24) is 10.6 Å². The summed E-state index contributed by atoms with van der Waals surface area (Å²) in [6, 6.07) is 21.9. The minimum Gasteiger partial charge on any atom is -0.313 e. The molecule has 0 saturated carbocycles.